The van der Waals surface area contributed by atoms with E-state index in [-0.39, 0.29) is 33.7 Å². The number of anilines is 2. The molecule has 2 rings (SSSR count). The first-order valence-electron chi connectivity index (χ1n) is 10.4. The Morgan fingerprint density at radius 2 is 1.25 bits per heavy atom. The molecule has 0 unspecified atom stereocenters. The minimum absolute atomic E-state index is 0.0108. The van der Waals surface area contributed by atoms with Crippen LogP contribution >= 0.6 is 12.2 Å². The van der Waals surface area contributed by atoms with Crippen LogP contribution in [0.3, 0.4) is 0 Å². The molecule has 0 fully saturated rings. The molecule has 0 atom stereocenters. The SMILES string of the molecule is CC(C)NC(=S)Nc1ccc(/C=C/c2ccc(NS(=O)(=O)C(C)C)cc2S(=O)(=O)O)c(S(=O)(=O)O)c1. The number of nitrogens with one attached hydrogen (secondary N) is 3. The average Bonchev–Trinajstić information content (AvgIpc) is 2.71. The van der Waals surface area contributed by atoms with E-state index in [9.17, 15) is 34.4 Å². The summed E-state index contributed by atoms with van der Waals surface area (Å²) >= 11 is 5.13. The van der Waals surface area contributed by atoms with Crippen LogP contribution in [0.15, 0.2) is 46.2 Å². The topological polar surface area (TPSA) is 179 Å². The highest BCUT2D eigenvalue weighted by Crippen LogP contribution is 2.27. The van der Waals surface area contributed by atoms with Gasteiger partial charge in [0.2, 0.25) is 10.0 Å². The molecule has 2 aromatic rings. The normalized spacial score (nSPS) is 12.8. The summed E-state index contributed by atoms with van der Waals surface area (Å²) in [6, 6.07) is 7.49. The minimum Gasteiger partial charge on any atom is -0.360 e. The maximum atomic E-state index is 12.1. The highest BCUT2D eigenvalue weighted by Gasteiger charge is 2.20. The zero-order valence-corrected chi connectivity index (χ0v) is 23.0. The number of hydrogen-bond donors (Lipinski definition) is 5. The van der Waals surface area contributed by atoms with E-state index in [1.807, 2.05) is 13.8 Å². The fourth-order valence-electron chi connectivity index (χ4n) is 2.82. The lowest BCUT2D eigenvalue weighted by Crippen LogP contribution is -2.33. The zero-order chi connectivity index (χ0) is 27.5. The fourth-order valence-corrected chi connectivity index (χ4v) is 5.29. The number of sulfonamides is 1. The van der Waals surface area contributed by atoms with Gasteiger partial charge >= 0.3 is 0 Å². The molecule has 5 N–H and O–H groups in total. The maximum absolute atomic E-state index is 12.1. The molecule has 2 aromatic carbocycles. The molecular weight excluding hydrogens is 551 g/mol. The summed E-state index contributed by atoms with van der Waals surface area (Å²) in [7, 11) is -13.3. The zero-order valence-electron chi connectivity index (χ0n) is 19.8. The molecule has 0 amide bonds. The van der Waals surface area contributed by atoms with Crippen LogP contribution in [-0.4, -0.2) is 50.8 Å². The van der Waals surface area contributed by atoms with Crippen molar-refractivity contribution in [3.05, 3.63) is 47.5 Å². The summed E-state index contributed by atoms with van der Waals surface area (Å²) in [6.07, 6.45) is 2.42. The van der Waals surface area contributed by atoms with Crippen LogP contribution in [-0.2, 0) is 30.3 Å². The Morgan fingerprint density at radius 3 is 1.67 bits per heavy atom. The van der Waals surface area contributed by atoms with Gasteiger partial charge < -0.3 is 10.6 Å². The van der Waals surface area contributed by atoms with Gasteiger partial charge in [-0.2, -0.15) is 16.8 Å². The summed E-state index contributed by atoms with van der Waals surface area (Å²) in [5.41, 5.74) is 0.138. The molecule has 0 saturated carbocycles. The van der Waals surface area contributed by atoms with Gasteiger partial charge in [-0.05, 0) is 75.3 Å². The van der Waals surface area contributed by atoms with Crippen LogP contribution in [0.4, 0.5) is 11.4 Å². The van der Waals surface area contributed by atoms with Crippen molar-refractivity contribution in [2.75, 3.05) is 10.0 Å². The Bertz CT molecular complexity index is 1500. The van der Waals surface area contributed by atoms with Crippen LogP contribution in [0.5, 0.6) is 0 Å². The van der Waals surface area contributed by atoms with Crippen molar-refractivity contribution in [1.29, 1.82) is 0 Å². The lowest BCUT2D eigenvalue weighted by molar-refractivity contribution is 0.480. The first-order chi connectivity index (χ1) is 16.4. The molecule has 0 aliphatic rings. The number of hydrogen-bond acceptors (Lipinski definition) is 7. The van der Waals surface area contributed by atoms with Crippen LogP contribution in [0, 0.1) is 0 Å². The third-order valence-electron chi connectivity index (χ3n) is 4.58. The van der Waals surface area contributed by atoms with Crippen molar-refractivity contribution < 1.29 is 34.4 Å². The smallest absolute Gasteiger partial charge is 0.295 e. The summed E-state index contributed by atoms with van der Waals surface area (Å²) in [5, 5.41) is 5.17. The van der Waals surface area contributed by atoms with Gasteiger partial charge in [-0.15, -0.1) is 0 Å². The summed E-state index contributed by atoms with van der Waals surface area (Å²) in [5.74, 6) is 0. The van der Waals surface area contributed by atoms with Crippen molar-refractivity contribution in [3.63, 3.8) is 0 Å². The Hall–Kier alpha value is -2.56. The van der Waals surface area contributed by atoms with E-state index >= 15 is 0 Å². The van der Waals surface area contributed by atoms with Crippen LogP contribution in [0.25, 0.3) is 12.2 Å². The quantitative estimate of drug-likeness (QED) is 0.168. The molecule has 198 valence electrons. The third kappa shape index (κ3) is 8.25. The first-order valence-corrected chi connectivity index (χ1v) is 15.2. The van der Waals surface area contributed by atoms with E-state index in [1.165, 1.54) is 50.3 Å². The third-order valence-corrected chi connectivity index (χ3v) is 8.38. The van der Waals surface area contributed by atoms with Gasteiger partial charge in [0.15, 0.2) is 5.11 Å². The number of benzene rings is 2. The number of thiocarbonyl (C=S) groups is 1. The standard InChI is InChI=1S/C21H27N3O8S4/c1-13(2)22-21(33)23-17-9-7-15(19(11-17)35(27,28)29)5-6-16-8-10-18(12-20(16)36(30,31)32)24-34(25,26)14(3)4/h5-14,24H,1-4H3,(H2,22,23,33)(H,27,28,29)(H,30,31,32)/b6-5+. The largest absolute Gasteiger partial charge is 0.360 e. The minimum atomic E-state index is -4.79. The van der Waals surface area contributed by atoms with Gasteiger partial charge in [0.25, 0.3) is 20.2 Å². The molecule has 0 radical (unpaired) electrons. The van der Waals surface area contributed by atoms with E-state index in [2.05, 4.69) is 15.4 Å². The van der Waals surface area contributed by atoms with Gasteiger partial charge in [-0.3, -0.25) is 13.8 Å². The predicted octanol–water partition coefficient (Wildman–Crippen LogP) is 3.20. The summed E-state index contributed by atoms with van der Waals surface area (Å²) < 4.78 is 93.7. The van der Waals surface area contributed by atoms with Crippen LogP contribution in [0.1, 0.15) is 38.8 Å². The predicted molar refractivity (Wildman–Crippen MR) is 144 cm³/mol. The molecular formula is C21H27N3O8S4. The Morgan fingerprint density at radius 1 is 0.806 bits per heavy atom. The van der Waals surface area contributed by atoms with E-state index in [0.717, 1.165) is 12.1 Å². The fraction of sp³-hybridized carbons (Fsp3) is 0.286. The maximum Gasteiger partial charge on any atom is 0.295 e. The molecule has 0 aliphatic heterocycles. The molecule has 0 aliphatic carbocycles. The second-order valence-corrected chi connectivity index (χ2v) is 13.7. The molecule has 0 saturated heterocycles. The Balaban J connectivity index is 2.50. The molecule has 36 heavy (non-hydrogen) atoms. The molecule has 0 bridgehead atoms. The highest BCUT2D eigenvalue weighted by molar-refractivity contribution is 7.93. The Labute approximate surface area is 216 Å². The lowest BCUT2D eigenvalue weighted by atomic mass is 10.1. The number of rotatable bonds is 9. The summed E-state index contributed by atoms with van der Waals surface area (Å²) in [4.78, 5) is -1.09. The van der Waals surface area contributed by atoms with Crippen molar-refractivity contribution >= 4 is 71.1 Å². The van der Waals surface area contributed by atoms with Gasteiger partial charge in [0, 0.05) is 17.4 Å². The van der Waals surface area contributed by atoms with Gasteiger partial charge in [0.05, 0.1) is 5.25 Å². The first kappa shape index (κ1) is 29.7. The van der Waals surface area contributed by atoms with E-state index < -0.39 is 45.3 Å². The molecule has 11 nitrogen and oxygen atoms in total. The second kappa shape index (κ2) is 11.2. The van der Waals surface area contributed by atoms with Gasteiger partial charge in [-0.1, -0.05) is 24.3 Å². The molecule has 15 heteroatoms. The van der Waals surface area contributed by atoms with Crippen molar-refractivity contribution in [1.82, 2.24) is 5.32 Å². The van der Waals surface area contributed by atoms with Crippen LogP contribution < -0.4 is 15.4 Å². The average molecular weight is 578 g/mol. The molecule has 0 heterocycles. The van der Waals surface area contributed by atoms with Crippen molar-refractivity contribution in [2.45, 2.75) is 48.8 Å². The van der Waals surface area contributed by atoms with Crippen molar-refractivity contribution in [3.8, 4) is 0 Å². The summed E-state index contributed by atoms with van der Waals surface area (Å²) in [6.45, 7) is 6.59. The van der Waals surface area contributed by atoms with Gasteiger partial charge in [-0.25, -0.2) is 8.42 Å². The van der Waals surface area contributed by atoms with Crippen molar-refractivity contribution in [2.24, 2.45) is 0 Å². The molecule has 0 aromatic heterocycles. The highest BCUT2D eigenvalue weighted by atomic mass is 32.2. The van der Waals surface area contributed by atoms with Gasteiger partial charge in [0.1, 0.15) is 9.79 Å². The monoisotopic (exact) mass is 577 g/mol. The Kier molecular flexibility index (Phi) is 9.25. The van der Waals surface area contributed by atoms with E-state index in [4.69, 9.17) is 12.2 Å². The molecule has 0 spiro atoms. The second-order valence-electron chi connectivity index (χ2n) is 8.24. The van der Waals surface area contributed by atoms with Crippen LogP contribution in [0.2, 0.25) is 0 Å². The lowest BCUT2D eigenvalue weighted by Gasteiger charge is -2.14. The van der Waals surface area contributed by atoms with E-state index in [0.29, 0.717) is 0 Å². The van der Waals surface area contributed by atoms with E-state index in [1.54, 1.807) is 0 Å².